The first kappa shape index (κ1) is 20.0. The van der Waals surface area contributed by atoms with Crippen LogP contribution in [-0.2, 0) is 6.54 Å². The van der Waals surface area contributed by atoms with E-state index in [0.29, 0.717) is 39.9 Å². The SMILES string of the molecule is COc1ccc(C(=O)Cn2nc(-c3cc(OC)c(OC)c(OC)c3)nc2N)cc1. The molecule has 29 heavy (non-hydrogen) atoms. The predicted octanol–water partition coefficient (Wildman–Crippen LogP) is 2.44. The summed E-state index contributed by atoms with van der Waals surface area (Å²) in [6, 6.07) is 10.2. The van der Waals surface area contributed by atoms with Crippen LogP contribution >= 0.6 is 0 Å². The molecule has 2 N–H and O–H groups in total. The molecule has 0 aliphatic heterocycles. The summed E-state index contributed by atoms with van der Waals surface area (Å²) in [5.41, 5.74) is 7.11. The van der Waals surface area contributed by atoms with Crippen LogP contribution in [0.5, 0.6) is 23.0 Å². The number of anilines is 1. The first-order chi connectivity index (χ1) is 14.0. The zero-order valence-corrected chi connectivity index (χ0v) is 16.6. The van der Waals surface area contributed by atoms with Crippen LogP contribution < -0.4 is 24.7 Å². The second-order valence-corrected chi connectivity index (χ2v) is 6.02. The second kappa shape index (κ2) is 8.51. The Hall–Kier alpha value is -3.75. The molecule has 0 atom stereocenters. The Morgan fingerprint density at radius 1 is 0.966 bits per heavy atom. The van der Waals surface area contributed by atoms with Crippen LogP contribution in [0.1, 0.15) is 10.4 Å². The quantitative estimate of drug-likeness (QED) is 0.576. The molecule has 1 aromatic heterocycles. The van der Waals surface area contributed by atoms with E-state index in [9.17, 15) is 4.79 Å². The molecule has 0 radical (unpaired) electrons. The molecule has 1 heterocycles. The summed E-state index contributed by atoms with van der Waals surface area (Å²) in [6.45, 7) is -0.0460. The van der Waals surface area contributed by atoms with E-state index in [1.165, 1.54) is 26.0 Å². The summed E-state index contributed by atoms with van der Waals surface area (Å²) in [5.74, 6) is 2.37. The molecule has 0 amide bonds. The largest absolute Gasteiger partial charge is 0.497 e. The molecule has 9 heteroatoms. The predicted molar refractivity (Wildman–Crippen MR) is 107 cm³/mol. The van der Waals surface area contributed by atoms with Gasteiger partial charge < -0.3 is 24.7 Å². The summed E-state index contributed by atoms with van der Waals surface area (Å²) in [5, 5.41) is 4.37. The van der Waals surface area contributed by atoms with Crippen molar-refractivity contribution in [1.82, 2.24) is 14.8 Å². The van der Waals surface area contributed by atoms with Crippen LogP contribution in [0.25, 0.3) is 11.4 Å². The van der Waals surface area contributed by atoms with Crippen molar-refractivity contribution in [2.24, 2.45) is 0 Å². The molecule has 0 bridgehead atoms. The highest BCUT2D eigenvalue weighted by Crippen LogP contribution is 2.40. The Labute approximate surface area is 168 Å². The lowest BCUT2D eigenvalue weighted by atomic mass is 10.1. The van der Waals surface area contributed by atoms with Crippen molar-refractivity contribution in [2.75, 3.05) is 34.2 Å². The minimum Gasteiger partial charge on any atom is -0.497 e. The molecule has 152 valence electrons. The molecule has 2 aromatic carbocycles. The summed E-state index contributed by atoms with van der Waals surface area (Å²) < 4.78 is 22.5. The highest BCUT2D eigenvalue weighted by molar-refractivity contribution is 5.96. The summed E-state index contributed by atoms with van der Waals surface area (Å²) >= 11 is 0. The maximum atomic E-state index is 12.6. The van der Waals surface area contributed by atoms with Gasteiger partial charge in [-0.3, -0.25) is 4.79 Å². The number of aromatic nitrogens is 3. The molecular formula is C20H22N4O5. The number of benzene rings is 2. The highest BCUT2D eigenvalue weighted by atomic mass is 16.5. The van der Waals surface area contributed by atoms with Gasteiger partial charge in [0.2, 0.25) is 11.7 Å². The zero-order chi connectivity index (χ0) is 21.0. The Bertz CT molecular complexity index is 989. The van der Waals surface area contributed by atoms with E-state index in [0.717, 1.165) is 0 Å². The minimum absolute atomic E-state index is 0.0460. The fraction of sp³-hybridized carbons (Fsp3) is 0.250. The number of nitrogen functional groups attached to an aromatic ring is 1. The van der Waals surface area contributed by atoms with Gasteiger partial charge in [-0.25, -0.2) is 4.68 Å². The lowest BCUT2D eigenvalue weighted by Crippen LogP contribution is -2.14. The fourth-order valence-electron chi connectivity index (χ4n) is 2.81. The van der Waals surface area contributed by atoms with Gasteiger partial charge in [0.1, 0.15) is 12.3 Å². The van der Waals surface area contributed by atoms with Gasteiger partial charge in [0.05, 0.1) is 28.4 Å². The molecule has 3 rings (SSSR count). The number of hydrogen-bond acceptors (Lipinski definition) is 8. The van der Waals surface area contributed by atoms with E-state index in [1.54, 1.807) is 43.5 Å². The Morgan fingerprint density at radius 3 is 2.10 bits per heavy atom. The lowest BCUT2D eigenvalue weighted by molar-refractivity contribution is 0.0968. The molecule has 0 spiro atoms. The van der Waals surface area contributed by atoms with Crippen molar-refractivity contribution < 1.29 is 23.7 Å². The molecule has 0 fully saturated rings. The van der Waals surface area contributed by atoms with Crippen molar-refractivity contribution in [1.29, 1.82) is 0 Å². The first-order valence-corrected chi connectivity index (χ1v) is 8.68. The maximum Gasteiger partial charge on any atom is 0.219 e. The molecule has 0 saturated carbocycles. The van der Waals surface area contributed by atoms with E-state index < -0.39 is 0 Å². The van der Waals surface area contributed by atoms with Crippen LogP contribution in [0.2, 0.25) is 0 Å². The van der Waals surface area contributed by atoms with Crippen LogP contribution in [0.4, 0.5) is 5.95 Å². The number of rotatable bonds is 8. The number of carbonyl (C=O) groups excluding carboxylic acids is 1. The van der Waals surface area contributed by atoms with E-state index in [2.05, 4.69) is 10.1 Å². The monoisotopic (exact) mass is 398 g/mol. The second-order valence-electron chi connectivity index (χ2n) is 6.02. The van der Waals surface area contributed by atoms with E-state index >= 15 is 0 Å². The molecule has 0 aliphatic carbocycles. The van der Waals surface area contributed by atoms with Gasteiger partial charge in [0, 0.05) is 11.1 Å². The number of ether oxygens (including phenoxy) is 4. The van der Waals surface area contributed by atoms with Crippen molar-refractivity contribution in [3.8, 4) is 34.4 Å². The van der Waals surface area contributed by atoms with E-state index in [1.807, 2.05) is 0 Å². The topological polar surface area (TPSA) is 111 Å². The third-order valence-electron chi connectivity index (χ3n) is 4.33. The lowest BCUT2D eigenvalue weighted by Gasteiger charge is -2.12. The van der Waals surface area contributed by atoms with Gasteiger partial charge in [-0.15, -0.1) is 5.10 Å². The number of carbonyl (C=O) groups is 1. The Kier molecular flexibility index (Phi) is 5.87. The van der Waals surface area contributed by atoms with Crippen molar-refractivity contribution in [3.63, 3.8) is 0 Å². The molecular weight excluding hydrogens is 376 g/mol. The Balaban J connectivity index is 1.89. The van der Waals surface area contributed by atoms with Crippen molar-refractivity contribution in [3.05, 3.63) is 42.0 Å². The first-order valence-electron chi connectivity index (χ1n) is 8.68. The molecule has 0 unspecified atom stereocenters. The van der Waals surface area contributed by atoms with Crippen LogP contribution in [-0.4, -0.2) is 49.0 Å². The van der Waals surface area contributed by atoms with Crippen molar-refractivity contribution in [2.45, 2.75) is 6.54 Å². The zero-order valence-electron chi connectivity index (χ0n) is 16.6. The highest BCUT2D eigenvalue weighted by Gasteiger charge is 2.18. The van der Waals surface area contributed by atoms with Gasteiger partial charge in [0.25, 0.3) is 0 Å². The molecule has 9 nitrogen and oxygen atoms in total. The summed E-state index contributed by atoms with van der Waals surface area (Å²) in [6.07, 6.45) is 0. The normalized spacial score (nSPS) is 10.5. The average Bonchev–Trinajstić information content (AvgIpc) is 3.12. The minimum atomic E-state index is -0.152. The number of ketones is 1. The number of nitrogens with zero attached hydrogens (tertiary/aromatic N) is 3. The maximum absolute atomic E-state index is 12.6. The fourth-order valence-corrected chi connectivity index (χ4v) is 2.81. The Morgan fingerprint density at radius 2 is 1.59 bits per heavy atom. The smallest absolute Gasteiger partial charge is 0.219 e. The average molecular weight is 398 g/mol. The van der Waals surface area contributed by atoms with E-state index in [4.69, 9.17) is 24.7 Å². The summed E-state index contributed by atoms with van der Waals surface area (Å²) in [7, 11) is 6.14. The number of Topliss-reactive ketones (excluding diaryl/α,β-unsaturated/α-hetero) is 1. The third-order valence-corrected chi connectivity index (χ3v) is 4.33. The molecule has 3 aromatic rings. The van der Waals surface area contributed by atoms with Crippen LogP contribution in [0.3, 0.4) is 0 Å². The van der Waals surface area contributed by atoms with Gasteiger partial charge in [0.15, 0.2) is 23.1 Å². The van der Waals surface area contributed by atoms with Gasteiger partial charge in [-0.2, -0.15) is 4.98 Å². The van der Waals surface area contributed by atoms with E-state index in [-0.39, 0.29) is 18.3 Å². The number of methoxy groups -OCH3 is 4. The van der Waals surface area contributed by atoms with Gasteiger partial charge in [-0.1, -0.05) is 0 Å². The number of hydrogen-bond donors (Lipinski definition) is 1. The molecule has 0 aliphatic rings. The number of nitrogens with two attached hydrogens (primary N) is 1. The van der Waals surface area contributed by atoms with Crippen molar-refractivity contribution >= 4 is 11.7 Å². The standard InChI is InChI=1S/C20H22N4O5/c1-26-14-7-5-12(6-8-14)15(25)11-24-20(21)22-19(23-24)13-9-16(27-2)18(29-4)17(10-13)28-3/h5-10H,11H2,1-4H3,(H2,21,22,23). The van der Waals surface area contributed by atoms with Crippen LogP contribution in [0.15, 0.2) is 36.4 Å². The van der Waals surface area contributed by atoms with Crippen LogP contribution in [0, 0.1) is 0 Å². The summed E-state index contributed by atoms with van der Waals surface area (Å²) in [4.78, 5) is 16.8. The van der Waals surface area contributed by atoms with Gasteiger partial charge in [-0.05, 0) is 36.4 Å². The third kappa shape index (κ3) is 4.08. The van der Waals surface area contributed by atoms with Gasteiger partial charge >= 0.3 is 0 Å². The molecule has 0 saturated heterocycles.